The van der Waals surface area contributed by atoms with E-state index in [2.05, 4.69) is 26.0 Å². The van der Waals surface area contributed by atoms with Crippen LogP contribution in [0.2, 0.25) is 0 Å². The molecular formula is C48H92NO8P. The van der Waals surface area contributed by atoms with Gasteiger partial charge in [-0.1, -0.05) is 199 Å². The number of hydrogen-bond donors (Lipinski definition) is 0. The molecule has 0 aliphatic rings. The van der Waals surface area contributed by atoms with Crippen LogP contribution in [0.25, 0.3) is 0 Å². The van der Waals surface area contributed by atoms with Gasteiger partial charge in [0.15, 0.2) is 6.10 Å². The van der Waals surface area contributed by atoms with Crippen molar-refractivity contribution in [1.29, 1.82) is 0 Å². The van der Waals surface area contributed by atoms with Crippen molar-refractivity contribution >= 4 is 19.8 Å². The molecule has 0 amide bonds. The average Bonchev–Trinajstić information content (AvgIpc) is 3.17. The molecule has 0 aliphatic heterocycles. The molecule has 0 N–H and O–H groups in total. The van der Waals surface area contributed by atoms with Crippen LogP contribution >= 0.6 is 7.82 Å². The Morgan fingerprint density at radius 3 is 1.43 bits per heavy atom. The van der Waals surface area contributed by atoms with Crippen LogP contribution in [0.5, 0.6) is 0 Å². The number of quaternary nitrogens is 1. The fraction of sp³-hybridized carbons (Fsp3) is 0.875. The van der Waals surface area contributed by atoms with Crippen molar-refractivity contribution in [2.75, 3.05) is 47.5 Å². The van der Waals surface area contributed by atoms with Gasteiger partial charge >= 0.3 is 11.9 Å². The van der Waals surface area contributed by atoms with Crippen molar-refractivity contribution in [1.82, 2.24) is 0 Å². The summed E-state index contributed by atoms with van der Waals surface area (Å²) in [7, 11) is 1.14. The van der Waals surface area contributed by atoms with E-state index in [1.54, 1.807) is 0 Å². The van der Waals surface area contributed by atoms with Crippen LogP contribution in [-0.2, 0) is 32.7 Å². The van der Waals surface area contributed by atoms with Gasteiger partial charge in [-0.2, -0.15) is 0 Å². The Morgan fingerprint density at radius 1 is 0.534 bits per heavy atom. The third-order valence-electron chi connectivity index (χ3n) is 10.5. The standard InChI is InChI=1S/C48H92NO8P/c1-6-8-10-12-14-16-18-20-22-23-24-25-27-28-30-32-34-36-38-40-47(50)54-44-46(45-56-58(52,53)55-43-42-49(3,4)5)57-48(51)41-39-37-35-33-31-29-26-21-19-17-15-13-11-9-7-2/h29,31,35,37,46H,6-28,30,32-34,36,38-45H2,1-5H3/b31-29-,37-35-. The lowest BCUT2D eigenvalue weighted by Gasteiger charge is -2.28. The fourth-order valence-electron chi connectivity index (χ4n) is 6.71. The minimum absolute atomic E-state index is 0.0378. The van der Waals surface area contributed by atoms with Crippen molar-refractivity contribution in [3.05, 3.63) is 24.3 Å². The molecule has 0 heterocycles. The van der Waals surface area contributed by atoms with Crippen LogP contribution in [0.1, 0.15) is 219 Å². The van der Waals surface area contributed by atoms with E-state index in [1.165, 1.54) is 154 Å². The number of hydrogen-bond acceptors (Lipinski definition) is 8. The highest BCUT2D eigenvalue weighted by molar-refractivity contribution is 7.45. The molecule has 10 heteroatoms. The first kappa shape index (κ1) is 56.5. The van der Waals surface area contributed by atoms with Gasteiger partial charge in [0.25, 0.3) is 7.82 Å². The monoisotopic (exact) mass is 842 g/mol. The summed E-state index contributed by atoms with van der Waals surface area (Å²) in [5.41, 5.74) is 0. The van der Waals surface area contributed by atoms with E-state index in [1.807, 2.05) is 33.3 Å². The Balaban J connectivity index is 4.31. The van der Waals surface area contributed by atoms with Crippen molar-refractivity contribution in [2.24, 2.45) is 0 Å². The predicted octanol–water partition coefficient (Wildman–Crippen LogP) is 13.3. The molecule has 0 fully saturated rings. The summed E-state index contributed by atoms with van der Waals surface area (Å²) < 4.78 is 33.9. The minimum atomic E-state index is -4.64. The molecule has 0 bridgehead atoms. The minimum Gasteiger partial charge on any atom is -0.756 e. The molecule has 0 aromatic carbocycles. The van der Waals surface area contributed by atoms with E-state index in [0.717, 1.165) is 32.1 Å². The first-order valence-corrected chi connectivity index (χ1v) is 25.5. The number of likely N-dealkylation sites (N-methyl/N-ethyl adjacent to an activating group) is 1. The average molecular weight is 842 g/mol. The van der Waals surface area contributed by atoms with Crippen molar-refractivity contribution in [3.63, 3.8) is 0 Å². The van der Waals surface area contributed by atoms with Gasteiger partial charge in [-0.25, -0.2) is 0 Å². The first-order valence-electron chi connectivity index (χ1n) is 24.0. The van der Waals surface area contributed by atoms with Crippen LogP contribution in [-0.4, -0.2) is 70.0 Å². The van der Waals surface area contributed by atoms with Gasteiger partial charge in [0, 0.05) is 12.8 Å². The normalized spacial score (nSPS) is 13.7. The third-order valence-corrected chi connectivity index (χ3v) is 11.5. The molecule has 0 aromatic rings. The molecule has 0 saturated carbocycles. The number of nitrogens with zero attached hydrogens (tertiary/aromatic N) is 1. The van der Waals surface area contributed by atoms with Gasteiger partial charge in [-0.05, 0) is 32.1 Å². The SMILES string of the molecule is CCCCCCCCCC/C=C\C/C=C\CCC(=O)OC(COC(=O)CCCCCCCCCCCCCCCCCCCCC)COP(=O)([O-])OCC[N+](C)(C)C. The summed E-state index contributed by atoms with van der Waals surface area (Å²) >= 11 is 0. The Bertz CT molecular complexity index is 1040. The van der Waals surface area contributed by atoms with E-state index in [0.29, 0.717) is 17.4 Å². The molecule has 0 rings (SSSR count). The second kappa shape index (κ2) is 40.9. The number of phosphoric acid groups is 1. The number of allylic oxidation sites excluding steroid dienone is 4. The lowest BCUT2D eigenvalue weighted by molar-refractivity contribution is -0.870. The number of carbonyl (C=O) groups is 2. The van der Waals surface area contributed by atoms with E-state index in [9.17, 15) is 19.0 Å². The molecule has 0 radical (unpaired) electrons. The molecule has 9 nitrogen and oxygen atoms in total. The second-order valence-electron chi connectivity index (χ2n) is 17.5. The number of ether oxygens (including phenoxy) is 2. The molecule has 342 valence electrons. The van der Waals surface area contributed by atoms with E-state index >= 15 is 0 Å². The Hall–Kier alpha value is -1.51. The van der Waals surface area contributed by atoms with Crippen LogP contribution in [0, 0.1) is 0 Å². The summed E-state index contributed by atoms with van der Waals surface area (Å²) in [4.78, 5) is 37.6. The smallest absolute Gasteiger partial charge is 0.306 e. The first-order chi connectivity index (χ1) is 28.0. The zero-order valence-corrected chi connectivity index (χ0v) is 39.4. The number of phosphoric ester groups is 1. The van der Waals surface area contributed by atoms with Crippen molar-refractivity contribution in [3.8, 4) is 0 Å². The van der Waals surface area contributed by atoms with Crippen LogP contribution in [0.15, 0.2) is 24.3 Å². The van der Waals surface area contributed by atoms with E-state index in [4.69, 9.17) is 18.5 Å². The number of esters is 2. The van der Waals surface area contributed by atoms with Crippen LogP contribution in [0.4, 0.5) is 0 Å². The molecule has 2 atom stereocenters. The van der Waals surface area contributed by atoms with Gasteiger partial charge in [0.1, 0.15) is 19.8 Å². The van der Waals surface area contributed by atoms with Gasteiger partial charge in [-0.3, -0.25) is 14.2 Å². The van der Waals surface area contributed by atoms with E-state index < -0.39 is 32.5 Å². The predicted molar refractivity (Wildman–Crippen MR) is 241 cm³/mol. The summed E-state index contributed by atoms with van der Waals surface area (Å²) in [6.45, 7) is 4.19. The van der Waals surface area contributed by atoms with Crippen LogP contribution in [0.3, 0.4) is 0 Å². The zero-order chi connectivity index (χ0) is 42.8. The summed E-state index contributed by atoms with van der Waals surface area (Å²) in [6.07, 6.45) is 45.1. The van der Waals surface area contributed by atoms with Crippen molar-refractivity contribution in [2.45, 2.75) is 225 Å². The number of unbranched alkanes of at least 4 members (excludes halogenated alkanes) is 26. The topological polar surface area (TPSA) is 111 Å². The van der Waals surface area contributed by atoms with Gasteiger partial charge in [0.2, 0.25) is 0 Å². The molecule has 0 spiro atoms. The number of carbonyl (C=O) groups excluding carboxylic acids is 2. The van der Waals surface area contributed by atoms with Gasteiger partial charge in [-0.15, -0.1) is 0 Å². The summed E-state index contributed by atoms with van der Waals surface area (Å²) in [6, 6.07) is 0. The lowest BCUT2D eigenvalue weighted by Crippen LogP contribution is -2.37. The quantitative estimate of drug-likeness (QED) is 0.0196. The molecule has 0 aliphatic carbocycles. The maximum absolute atomic E-state index is 12.7. The largest absolute Gasteiger partial charge is 0.756 e. The molecule has 2 unspecified atom stereocenters. The molecular weight excluding hydrogens is 750 g/mol. The van der Waals surface area contributed by atoms with Crippen molar-refractivity contribution < 1.29 is 42.1 Å². The van der Waals surface area contributed by atoms with Gasteiger partial charge < -0.3 is 27.9 Å². The maximum atomic E-state index is 12.7. The van der Waals surface area contributed by atoms with E-state index in [-0.39, 0.29) is 26.1 Å². The highest BCUT2D eigenvalue weighted by atomic mass is 31.2. The third kappa shape index (κ3) is 44.1. The Labute approximate surface area is 358 Å². The summed E-state index contributed by atoms with van der Waals surface area (Å²) in [5.74, 6) is -0.902. The number of rotatable bonds is 44. The summed E-state index contributed by atoms with van der Waals surface area (Å²) in [5, 5.41) is 0. The highest BCUT2D eigenvalue weighted by Crippen LogP contribution is 2.38. The Morgan fingerprint density at radius 2 is 0.966 bits per heavy atom. The van der Waals surface area contributed by atoms with Gasteiger partial charge in [0.05, 0.1) is 27.7 Å². The zero-order valence-electron chi connectivity index (χ0n) is 38.5. The molecule has 0 aromatic heterocycles. The fourth-order valence-corrected chi connectivity index (χ4v) is 7.44. The highest BCUT2D eigenvalue weighted by Gasteiger charge is 2.21. The molecule has 0 saturated heterocycles. The lowest BCUT2D eigenvalue weighted by atomic mass is 10.0. The van der Waals surface area contributed by atoms with Crippen LogP contribution < -0.4 is 4.89 Å². The molecule has 58 heavy (non-hydrogen) atoms. The second-order valence-corrected chi connectivity index (χ2v) is 18.9. The Kier molecular flexibility index (Phi) is 39.8. The maximum Gasteiger partial charge on any atom is 0.306 e.